The SMILES string of the molecule is COc1ccc(CN)c(OCCc2cnn(C)c2)c1. The number of hydrogen-bond acceptors (Lipinski definition) is 4. The minimum absolute atomic E-state index is 0.451. The molecule has 1 heterocycles. The summed E-state index contributed by atoms with van der Waals surface area (Å²) < 4.78 is 12.8. The van der Waals surface area contributed by atoms with Crippen LogP contribution in [0.1, 0.15) is 11.1 Å². The molecule has 0 saturated carbocycles. The van der Waals surface area contributed by atoms with Crippen molar-refractivity contribution in [2.24, 2.45) is 12.8 Å². The number of nitrogens with two attached hydrogens (primary N) is 1. The highest BCUT2D eigenvalue weighted by Gasteiger charge is 2.05. The van der Waals surface area contributed by atoms with Gasteiger partial charge in [-0.2, -0.15) is 5.10 Å². The van der Waals surface area contributed by atoms with Gasteiger partial charge in [0.2, 0.25) is 0 Å². The number of aromatic nitrogens is 2. The van der Waals surface area contributed by atoms with E-state index < -0.39 is 0 Å². The third kappa shape index (κ3) is 3.48. The molecular formula is C14H19N3O2. The maximum Gasteiger partial charge on any atom is 0.127 e. The fourth-order valence-electron chi connectivity index (χ4n) is 1.84. The number of aryl methyl sites for hydroxylation is 1. The highest BCUT2D eigenvalue weighted by molar-refractivity contribution is 5.40. The molecule has 0 fully saturated rings. The Hall–Kier alpha value is -2.01. The molecule has 2 rings (SSSR count). The summed E-state index contributed by atoms with van der Waals surface area (Å²) in [6.45, 7) is 1.04. The minimum atomic E-state index is 0.451. The first-order valence-corrected chi connectivity index (χ1v) is 6.20. The molecule has 0 radical (unpaired) electrons. The Kier molecular flexibility index (Phi) is 4.41. The van der Waals surface area contributed by atoms with E-state index in [9.17, 15) is 0 Å². The Balaban J connectivity index is 1.98. The van der Waals surface area contributed by atoms with Crippen molar-refractivity contribution in [3.63, 3.8) is 0 Å². The normalized spacial score (nSPS) is 10.5. The third-order valence-electron chi connectivity index (χ3n) is 2.90. The molecule has 2 aromatic rings. The molecule has 1 aromatic carbocycles. The first-order chi connectivity index (χ1) is 9.22. The van der Waals surface area contributed by atoms with E-state index in [1.54, 1.807) is 11.8 Å². The average Bonchev–Trinajstić information content (AvgIpc) is 2.84. The second-order valence-electron chi connectivity index (χ2n) is 4.30. The molecule has 0 spiro atoms. The molecular weight excluding hydrogens is 242 g/mol. The van der Waals surface area contributed by atoms with Crippen molar-refractivity contribution in [2.75, 3.05) is 13.7 Å². The number of benzene rings is 1. The standard InChI is InChI=1S/C14H19N3O2/c1-17-10-11(9-16-17)5-6-19-14-7-13(18-2)4-3-12(14)8-15/h3-4,7,9-10H,5-6,8,15H2,1-2H3. The molecule has 0 unspecified atom stereocenters. The zero-order valence-electron chi connectivity index (χ0n) is 11.3. The van der Waals surface area contributed by atoms with Gasteiger partial charge in [0.25, 0.3) is 0 Å². The van der Waals surface area contributed by atoms with Crippen LogP contribution in [0.2, 0.25) is 0 Å². The van der Waals surface area contributed by atoms with Gasteiger partial charge in [-0.3, -0.25) is 4.68 Å². The van der Waals surface area contributed by atoms with Crippen LogP contribution in [0.4, 0.5) is 0 Å². The molecule has 0 amide bonds. The summed E-state index contributed by atoms with van der Waals surface area (Å²) in [5.74, 6) is 1.55. The number of hydrogen-bond donors (Lipinski definition) is 1. The van der Waals surface area contributed by atoms with Crippen molar-refractivity contribution in [1.82, 2.24) is 9.78 Å². The lowest BCUT2D eigenvalue weighted by Crippen LogP contribution is -2.06. The predicted molar refractivity (Wildman–Crippen MR) is 73.3 cm³/mol. The third-order valence-corrected chi connectivity index (χ3v) is 2.90. The van der Waals surface area contributed by atoms with Crippen molar-refractivity contribution in [3.05, 3.63) is 41.7 Å². The van der Waals surface area contributed by atoms with Crippen LogP contribution in [0.15, 0.2) is 30.6 Å². The van der Waals surface area contributed by atoms with Gasteiger partial charge in [-0.25, -0.2) is 0 Å². The zero-order valence-corrected chi connectivity index (χ0v) is 11.3. The minimum Gasteiger partial charge on any atom is -0.497 e. The zero-order chi connectivity index (χ0) is 13.7. The lowest BCUT2D eigenvalue weighted by atomic mass is 10.2. The van der Waals surface area contributed by atoms with E-state index in [2.05, 4.69) is 5.10 Å². The summed E-state index contributed by atoms with van der Waals surface area (Å²) in [7, 11) is 3.54. The quantitative estimate of drug-likeness (QED) is 0.856. The van der Waals surface area contributed by atoms with Gasteiger partial charge in [0.1, 0.15) is 11.5 Å². The van der Waals surface area contributed by atoms with E-state index in [0.717, 1.165) is 29.0 Å². The average molecular weight is 261 g/mol. The van der Waals surface area contributed by atoms with Crippen LogP contribution in [0, 0.1) is 0 Å². The van der Waals surface area contributed by atoms with Gasteiger partial charge in [0, 0.05) is 37.8 Å². The summed E-state index contributed by atoms with van der Waals surface area (Å²) in [6.07, 6.45) is 4.65. The predicted octanol–water partition coefficient (Wildman–Crippen LogP) is 1.51. The first-order valence-electron chi connectivity index (χ1n) is 6.20. The number of methoxy groups -OCH3 is 1. The van der Waals surface area contributed by atoms with Gasteiger partial charge in [-0.05, 0) is 11.6 Å². The molecule has 2 N–H and O–H groups in total. The van der Waals surface area contributed by atoms with Crippen molar-refractivity contribution < 1.29 is 9.47 Å². The van der Waals surface area contributed by atoms with Gasteiger partial charge in [0.15, 0.2) is 0 Å². The Bertz CT molecular complexity index is 537. The monoisotopic (exact) mass is 261 g/mol. The lowest BCUT2D eigenvalue weighted by molar-refractivity contribution is 0.315. The maximum absolute atomic E-state index is 5.79. The van der Waals surface area contributed by atoms with Gasteiger partial charge in [0.05, 0.1) is 19.9 Å². The van der Waals surface area contributed by atoms with E-state index in [-0.39, 0.29) is 0 Å². The van der Waals surface area contributed by atoms with Crippen LogP contribution in [0.25, 0.3) is 0 Å². The molecule has 5 nitrogen and oxygen atoms in total. The van der Waals surface area contributed by atoms with Crippen LogP contribution in [0.5, 0.6) is 11.5 Å². The van der Waals surface area contributed by atoms with Gasteiger partial charge >= 0.3 is 0 Å². The molecule has 0 aliphatic carbocycles. The highest BCUT2D eigenvalue weighted by Crippen LogP contribution is 2.24. The maximum atomic E-state index is 5.79. The summed E-state index contributed by atoms with van der Waals surface area (Å²) in [4.78, 5) is 0. The lowest BCUT2D eigenvalue weighted by Gasteiger charge is -2.11. The number of ether oxygens (including phenoxy) is 2. The summed E-state index contributed by atoms with van der Waals surface area (Å²) in [6, 6.07) is 5.68. The van der Waals surface area contributed by atoms with Gasteiger partial charge < -0.3 is 15.2 Å². The van der Waals surface area contributed by atoms with Gasteiger partial charge in [-0.15, -0.1) is 0 Å². The van der Waals surface area contributed by atoms with E-state index in [4.69, 9.17) is 15.2 Å². The van der Waals surface area contributed by atoms with Crippen molar-refractivity contribution in [2.45, 2.75) is 13.0 Å². The van der Waals surface area contributed by atoms with E-state index in [1.807, 2.05) is 37.6 Å². The van der Waals surface area contributed by atoms with Crippen molar-refractivity contribution in [3.8, 4) is 11.5 Å². The molecule has 0 atom stereocenters. The number of rotatable bonds is 6. The fourth-order valence-corrected chi connectivity index (χ4v) is 1.84. The van der Waals surface area contributed by atoms with E-state index in [1.165, 1.54) is 0 Å². The summed E-state index contributed by atoms with van der Waals surface area (Å²) in [5, 5.41) is 4.12. The Morgan fingerprint density at radius 3 is 2.84 bits per heavy atom. The van der Waals surface area contributed by atoms with Crippen LogP contribution in [-0.2, 0) is 20.0 Å². The summed E-state index contributed by atoms with van der Waals surface area (Å²) >= 11 is 0. The van der Waals surface area contributed by atoms with E-state index >= 15 is 0 Å². The molecule has 0 aliphatic heterocycles. The van der Waals surface area contributed by atoms with Crippen LogP contribution in [0.3, 0.4) is 0 Å². The van der Waals surface area contributed by atoms with Crippen LogP contribution in [-0.4, -0.2) is 23.5 Å². The molecule has 19 heavy (non-hydrogen) atoms. The summed E-state index contributed by atoms with van der Waals surface area (Å²) in [5.41, 5.74) is 7.83. The Morgan fingerprint density at radius 2 is 2.21 bits per heavy atom. The molecule has 102 valence electrons. The largest absolute Gasteiger partial charge is 0.497 e. The first kappa shape index (κ1) is 13.4. The molecule has 1 aromatic heterocycles. The van der Waals surface area contributed by atoms with Gasteiger partial charge in [-0.1, -0.05) is 6.07 Å². The highest BCUT2D eigenvalue weighted by atomic mass is 16.5. The van der Waals surface area contributed by atoms with E-state index in [0.29, 0.717) is 13.2 Å². The smallest absolute Gasteiger partial charge is 0.127 e. The Morgan fingerprint density at radius 1 is 1.37 bits per heavy atom. The molecule has 0 aliphatic rings. The van der Waals surface area contributed by atoms with Crippen LogP contribution >= 0.6 is 0 Å². The van der Waals surface area contributed by atoms with Crippen LogP contribution < -0.4 is 15.2 Å². The molecule has 0 saturated heterocycles. The second-order valence-corrected chi connectivity index (χ2v) is 4.30. The fraction of sp³-hybridized carbons (Fsp3) is 0.357. The second kappa shape index (κ2) is 6.24. The van der Waals surface area contributed by atoms with Crippen molar-refractivity contribution >= 4 is 0 Å². The Labute approximate surface area is 112 Å². The van der Waals surface area contributed by atoms with Crippen molar-refractivity contribution in [1.29, 1.82) is 0 Å². The number of nitrogens with zero attached hydrogens (tertiary/aromatic N) is 2. The molecule has 5 heteroatoms. The molecule has 0 bridgehead atoms. The topological polar surface area (TPSA) is 62.3 Å².